The molecule has 150 valence electrons. The zero-order valence-corrected chi connectivity index (χ0v) is 16.4. The smallest absolute Gasteiger partial charge is 0.363 e. The summed E-state index contributed by atoms with van der Waals surface area (Å²) in [7, 11) is 1.52. The minimum atomic E-state index is -0.687. The number of cyclic esters (lactones) is 1. The summed E-state index contributed by atoms with van der Waals surface area (Å²) in [4.78, 5) is 26.8. The van der Waals surface area contributed by atoms with Gasteiger partial charge in [-0.3, -0.25) is 10.1 Å². The highest BCUT2D eigenvalue weighted by atomic mass is 35.5. The van der Waals surface area contributed by atoms with Crippen molar-refractivity contribution in [2.45, 2.75) is 13.3 Å². The lowest BCUT2D eigenvalue weighted by molar-refractivity contribution is -0.384. The normalized spacial score (nSPS) is 14.5. The Bertz CT molecular complexity index is 1030. The predicted octanol–water partition coefficient (Wildman–Crippen LogP) is 4.39. The summed E-state index contributed by atoms with van der Waals surface area (Å²) in [6.45, 7) is 2.56. The average Bonchev–Trinajstić information content (AvgIpc) is 3.07. The van der Waals surface area contributed by atoms with Crippen LogP contribution in [-0.2, 0) is 9.53 Å². The Kier molecular flexibility index (Phi) is 6.13. The molecule has 2 aromatic rings. The number of ether oxygens (including phenoxy) is 3. The standard InChI is InChI=1S/C20H17ClN2O6/c1-3-8-28-17-7-4-12(10-18(17)27-2)9-16-20(24)29-19(22-16)14-11-13(23(25)26)5-6-15(14)21/h4-7,9-11H,3,8H2,1-2H3/b16-9-. The van der Waals surface area contributed by atoms with Crippen molar-refractivity contribution in [2.75, 3.05) is 13.7 Å². The second kappa shape index (κ2) is 8.74. The van der Waals surface area contributed by atoms with E-state index in [0.29, 0.717) is 23.7 Å². The van der Waals surface area contributed by atoms with Crippen LogP contribution in [0.2, 0.25) is 5.02 Å². The molecule has 0 N–H and O–H groups in total. The molecule has 2 aromatic carbocycles. The van der Waals surface area contributed by atoms with E-state index in [0.717, 1.165) is 6.42 Å². The number of benzene rings is 2. The minimum absolute atomic E-state index is 0.0341. The van der Waals surface area contributed by atoms with E-state index in [1.165, 1.54) is 31.4 Å². The molecular formula is C20H17ClN2O6. The van der Waals surface area contributed by atoms with Crippen molar-refractivity contribution in [1.82, 2.24) is 0 Å². The first-order chi connectivity index (χ1) is 13.9. The molecule has 9 heteroatoms. The van der Waals surface area contributed by atoms with E-state index < -0.39 is 10.9 Å². The first-order valence-corrected chi connectivity index (χ1v) is 9.08. The van der Waals surface area contributed by atoms with Crippen LogP contribution in [0.5, 0.6) is 11.5 Å². The Balaban J connectivity index is 1.93. The Labute approximate surface area is 171 Å². The maximum absolute atomic E-state index is 12.2. The van der Waals surface area contributed by atoms with Crippen LogP contribution < -0.4 is 9.47 Å². The van der Waals surface area contributed by atoms with Crippen molar-refractivity contribution in [3.05, 3.63) is 68.4 Å². The Morgan fingerprint density at radius 2 is 2.03 bits per heavy atom. The van der Waals surface area contributed by atoms with Crippen molar-refractivity contribution in [3.8, 4) is 11.5 Å². The number of carbonyl (C=O) groups is 1. The van der Waals surface area contributed by atoms with E-state index in [9.17, 15) is 14.9 Å². The fourth-order valence-electron chi connectivity index (χ4n) is 2.58. The largest absolute Gasteiger partial charge is 0.493 e. The first kappa shape index (κ1) is 20.3. The van der Waals surface area contributed by atoms with Crippen molar-refractivity contribution in [2.24, 2.45) is 4.99 Å². The summed E-state index contributed by atoms with van der Waals surface area (Å²) in [5.74, 6) is 0.334. The molecule has 0 atom stereocenters. The molecule has 0 radical (unpaired) electrons. The van der Waals surface area contributed by atoms with Crippen molar-refractivity contribution < 1.29 is 23.9 Å². The van der Waals surface area contributed by atoms with Crippen LogP contribution in [-0.4, -0.2) is 30.5 Å². The second-order valence-electron chi connectivity index (χ2n) is 6.02. The van der Waals surface area contributed by atoms with Gasteiger partial charge in [-0.1, -0.05) is 24.6 Å². The number of hydrogen-bond donors (Lipinski definition) is 0. The fourth-order valence-corrected chi connectivity index (χ4v) is 2.78. The molecule has 1 aliphatic rings. The molecule has 0 aliphatic carbocycles. The van der Waals surface area contributed by atoms with Crippen LogP contribution >= 0.6 is 11.6 Å². The zero-order chi connectivity index (χ0) is 21.0. The Morgan fingerprint density at radius 1 is 1.24 bits per heavy atom. The summed E-state index contributed by atoms with van der Waals surface area (Å²) in [5, 5.41) is 11.2. The number of rotatable bonds is 7. The second-order valence-corrected chi connectivity index (χ2v) is 6.42. The monoisotopic (exact) mass is 416 g/mol. The summed E-state index contributed by atoms with van der Waals surface area (Å²) in [6, 6.07) is 9.02. The van der Waals surface area contributed by atoms with Crippen molar-refractivity contribution >= 4 is 35.2 Å². The highest BCUT2D eigenvalue weighted by Gasteiger charge is 2.27. The van der Waals surface area contributed by atoms with Gasteiger partial charge in [0, 0.05) is 12.1 Å². The van der Waals surface area contributed by atoms with Gasteiger partial charge in [0.25, 0.3) is 5.69 Å². The number of carbonyl (C=O) groups excluding carboxylic acids is 1. The van der Waals surface area contributed by atoms with Gasteiger partial charge in [0.15, 0.2) is 17.2 Å². The third-order valence-electron chi connectivity index (χ3n) is 3.96. The van der Waals surface area contributed by atoms with Crippen LogP contribution in [0.4, 0.5) is 5.69 Å². The molecule has 0 saturated heterocycles. The van der Waals surface area contributed by atoms with Gasteiger partial charge in [-0.05, 0) is 36.3 Å². The third-order valence-corrected chi connectivity index (χ3v) is 4.29. The summed E-state index contributed by atoms with van der Waals surface area (Å²) in [5.41, 5.74) is 0.658. The van der Waals surface area contributed by atoms with Crippen LogP contribution in [0.15, 0.2) is 47.1 Å². The van der Waals surface area contributed by atoms with Crippen molar-refractivity contribution in [3.63, 3.8) is 0 Å². The average molecular weight is 417 g/mol. The Morgan fingerprint density at radius 3 is 2.72 bits per heavy atom. The van der Waals surface area contributed by atoms with E-state index in [-0.39, 0.29) is 27.9 Å². The van der Waals surface area contributed by atoms with Gasteiger partial charge in [0.1, 0.15) is 0 Å². The maximum Gasteiger partial charge on any atom is 0.363 e. The van der Waals surface area contributed by atoms with E-state index in [1.807, 2.05) is 6.92 Å². The van der Waals surface area contributed by atoms with Gasteiger partial charge in [-0.15, -0.1) is 0 Å². The molecule has 0 fully saturated rings. The molecule has 0 saturated carbocycles. The maximum atomic E-state index is 12.2. The lowest BCUT2D eigenvalue weighted by Gasteiger charge is -2.10. The molecule has 0 amide bonds. The van der Waals surface area contributed by atoms with E-state index in [1.54, 1.807) is 18.2 Å². The molecule has 29 heavy (non-hydrogen) atoms. The number of halogens is 1. The van der Waals surface area contributed by atoms with Crippen molar-refractivity contribution in [1.29, 1.82) is 0 Å². The van der Waals surface area contributed by atoms with Gasteiger partial charge >= 0.3 is 5.97 Å². The first-order valence-electron chi connectivity index (χ1n) is 8.70. The van der Waals surface area contributed by atoms with Gasteiger partial charge in [-0.2, -0.15) is 0 Å². The molecule has 1 aliphatic heterocycles. The number of hydrogen-bond acceptors (Lipinski definition) is 7. The summed E-state index contributed by atoms with van der Waals surface area (Å²) >= 11 is 6.09. The molecule has 0 spiro atoms. The highest BCUT2D eigenvalue weighted by Crippen LogP contribution is 2.31. The van der Waals surface area contributed by atoms with Crippen LogP contribution in [0.25, 0.3) is 6.08 Å². The lowest BCUT2D eigenvalue weighted by atomic mass is 10.1. The third kappa shape index (κ3) is 4.55. The molecule has 1 heterocycles. The number of non-ortho nitro benzene ring substituents is 1. The van der Waals surface area contributed by atoms with E-state index >= 15 is 0 Å². The minimum Gasteiger partial charge on any atom is -0.493 e. The zero-order valence-electron chi connectivity index (χ0n) is 15.7. The number of methoxy groups -OCH3 is 1. The number of esters is 1. The molecular weight excluding hydrogens is 400 g/mol. The predicted molar refractivity (Wildman–Crippen MR) is 107 cm³/mol. The Hall–Kier alpha value is -3.39. The molecule has 3 rings (SSSR count). The van der Waals surface area contributed by atoms with E-state index in [4.69, 9.17) is 25.8 Å². The number of nitro groups is 1. The van der Waals surface area contributed by atoms with Crippen LogP contribution in [0.1, 0.15) is 24.5 Å². The van der Waals surface area contributed by atoms with E-state index in [2.05, 4.69) is 4.99 Å². The summed E-state index contributed by atoms with van der Waals surface area (Å²) in [6.07, 6.45) is 2.38. The molecule has 0 bridgehead atoms. The van der Waals surface area contributed by atoms with Gasteiger partial charge in [0.05, 0.1) is 29.2 Å². The molecule has 0 aromatic heterocycles. The van der Waals surface area contributed by atoms with Gasteiger partial charge in [0.2, 0.25) is 5.90 Å². The molecule has 8 nitrogen and oxygen atoms in total. The number of nitro benzene ring substituents is 1. The summed E-state index contributed by atoms with van der Waals surface area (Å²) < 4.78 is 16.1. The topological polar surface area (TPSA) is 100 Å². The SMILES string of the molecule is CCCOc1ccc(/C=C2\N=C(c3cc([N+](=O)[O-])ccc3Cl)OC2=O)cc1OC. The molecule has 0 unspecified atom stereocenters. The highest BCUT2D eigenvalue weighted by molar-refractivity contribution is 6.34. The number of aliphatic imine (C=N–C) groups is 1. The quantitative estimate of drug-likeness (QED) is 0.287. The van der Waals surface area contributed by atoms with Crippen LogP contribution in [0, 0.1) is 10.1 Å². The lowest BCUT2D eigenvalue weighted by Crippen LogP contribution is -2.06. The van der Waals surface area contributed by atoms with Crippen LogP contribution in [0.3, 0.4) is 0 Å². The van der Waals surface area contributed by atoms with Gasteiger partial charge < -0.3 is 14.2 Å². The number of nitrogens with zero attached hydrogens (tertiary/aromatic N) is 2. The van der Waals surface area contributed by atoms with Gasteiger partial charge in [-0.25, -0.2) is 9.79 Å². The fraction of sp³-hybridized carbons (Fsp3) is 0.200.